The zero-order valence-electron chi connectivity index (χ0n) is 18.7. The predicted octanol–water partition coefficient (Wildman–Crippen LogP) is 4.99. The van der Waals surface area contributed by atoms with E-state index >= 15 is 0 Å². The fourth-order valence-electron chi connectivity index (χ4n) is 3.58. The number of nitrogens with zero attached hydrogens (tertiary/aromatic N) is 1. The molecule has 1 unspecified atom stereocenters. The maximum Gasteiger partial charge on any atom is 0.242 e. The van der Waals surface area contributed by atoms with E-state index in [9.17, 15) is 9.59 Å². The van der Waals surface area contributed by atoms with Crippen LogP contribution in [0.5, 0.6) is 5.75 Å². The van der Waals surface area contributed by atoms with E-state index < -0.39 is 6.04 Å². The van der Waals surface area contributed by atoms with Gasteiger partial charge in [0.2, 0.25) is 11.8 Å². The number of likely N-dealkylation sites (N-methyl/N-ethyl adjacent to an activating group) is 1. The maximum absolute atomic E-state index is 13.4. The van der Waals surface area contributed by atoms with E-state index in [1.807, 2.05) is 84.9 Å². The van der Waals surface area contributed by atoms with Crippen LogP contribution in [-0.2, 0) is 22.6 Å². The molecule has 172 valence electrons. The second-order valence-electron chi connectivity index (χ2n) is 7.73. The van der Waals surface area contributed by atoms with Gasteiger partial charge in [-0.1, -0.05) is 76.6 Å². The van der Waals surface area contributed by atoms with Gasteiger partial charge in [0.25, 0.3) is 0 Å². The van der Waals surface area contributed by atoms with Crippen molar-refractivity contribution in [3.8, 4) is 5.75 Å². The summed E-state index contributed by atoms with van der Waals surface area (Å²) in [5.41, 5.74) is 1.97. The van der Waals surface area contributed by atoms with Gasteiger partial charge in [-0.05, 0) is 41.8 Å². The quantitative estimate of drug-likeness (QED) is 0.371. The zero-order valence-corrected chi connectivity index (χ0v) is 20.3. The summed E-state index contributed by atoms with van der Waals surface area (Å²) in [6, 6.07) is 26.5. The molecule has 0 radical (unpaired) electrons. The summed E-state index contributed by atoms with van der Waals surface area (Å²) in [5.74, 6) is 0.535. The Hall–Kier alpha value is -3.12. The van der Waals surface area contributed by atoms with Crippen LogP contribution in [0.15, 0.2) is 89.4 Å². The molecule has 33 heavy (non-hydrogen) atoms. The third kappa shape index (κ3) is 7.75. The van der Waals surface area contributed by atoms with Crippen molar-refractivity contribution in [1.82, 2.24) is 10.2 Å². The molecule has 1 atom stereocenters. The van der Waals surface area contributed by atoms with Crippen molar-refractivity contribution >= 4 is 27.7 Å². The first-order valence-electron chi connectivity index (χ1n) is 11.0. The highest BCUT2D eigenvalue weighted by atomic mass is 79.9. The van der Waals surface area contributed by atoms with Crippen molar-refractivity contribution in [2.24, 2.45) is 0 Å². The Labute approximate surface area is 203 Å². The molecule has 0 saturated heterocycles. The first-order chi connectivity index (χ1) is 16.1. The summed E-state index contributed by atoms with van der Waals surface area (Å²) in [7, 11) is 1.61. The molecule has 0 aliphatic heterocycles. The second kappa shape index (κ2) is 12.8. The number of para-hydroxylation sites is 1. The minimum absolute atomic E-state index is 0.0703. The first kappa shape index (κ1) is 24.5. The Morgan fingerprint density at radius 2 is 1.55 bits per heavy atom. The lowest BCUT2D eigenvalue weighted by Gasteiger charge is -2.31. The monoisotopic (exact) mass is 508 g/mol. The number of nitrogens with one attached hydrogen (secondary N) is 1. The molecule has 0 heterocycles. The molecule has 0 aliphatic rings. The van der Waals surface area contributed by atoms with Crippen LogP contribution in [0.1, 0.15) is 24.0 Å². The molecule has 2 amide bonds. The van der Waals surface area contributed by atoms with Gasteiger partial charge in [-0.15, -0.1) is 0 Å². The Morgan fingerprint density at radius 3 is 2.18 bits per heavy atom. The lowest BCUT2D eigenvalue weighted by molar-refractivity contribution is -0.141. The number of rotatable bonds is 11. The first-order valence-corrected chi connectivity index (χ1v) is 11.8. The number of carbonyl (C=O) groups excluding carboxylic acids is 2. The van der Waals surface area contributed by atoms with Crippen LogP contribution >= 0.6 is 15.9 Å². The van der Waals surface area contributed by atoms with Crippen LogP contribution in [0.4, 0.5) is 0 Å². The van der Waals surface area contributed by atoms with Crippen molar-refractivity contribution in [3.63, 3.8) is 0 Å². The molecule has 0 fully saturated rings. The minimum atomic E-state index is -0.608. The van der Waals surface area contributed by atoms with Crippen LogP contribution in [0.2, 0.25) is 0 Å². The van der Waals surface area contributed by atoms with Crippen molar-refractivity contribution in [3.05, 3.63) is 101 Å². The number of carbonyl (C=O) groups is 2. The molecule has 0 saturated carbocycles. The third-order valence-electron chi connectivity index (χ3n) is 5.33. The van der Waals surface area contributed by atoms with E-state index in [0.717, 1.165) is 21.3 Å². The predicted molar refractivity (Wildman–Crippen MR) is 134 cm³/mol. The van der Waals surface area contributed by atoms with Gasteiger partial charge in [0.15, 0.2) is 0 Å². The van der Waals surface area contributed by atoms with Gasteiger partial charge in [-0.2, -0.15) is 0 Å². The molecular formula is C27H29BrN2O3. The number of ether oxygens (including phenoxy) is 1. The van der Waals surface area contributed by atoms with E-state index in [0.29, 0.717) is 32.4 Å². The normalized spacial score (nSPS) is 11.5. The SMILES string of the molecule is CNC(=O)C(Cc1ccccc1)N(Cc1ccc(Br)cc1)C(=O)CCCOc1ccccc1. The van der Waals surface area contributed by atoms with E-state index in [1.54, 1.807) is 11.9 Å². The number of amides is 2. The highest BCUT2D eigenvalue weighted by Gasteiger charge is 2.29. The summed E-state index contributed by atoms with van der Waals surface area (Å²) in [4.78, 5) is 27.9. The lowest BCUT2D eigenvalue weighted by Crippen LogP contribution is -2.49. The zero-order chi connectivity index (χ0) is 23.5. The molecule has 0 aromatic heterocycles. The van der Waals surface area contributed by atoms with E-state index in [1.165, 1.54) is 0 Å². The van der Waals surface area contributed by atoms with Gasteiger partial charge in [0.1, 0.15) is 11.8 Å². The molecule has 0 aliphatic carbocycles. The standard InChI is InChI=1S/C27H29BrN2O3/c1-29-27(32)25(19-21-9-4-2-5-10-21)30(20-22-14-16-23(28)17-15-22)26(31)13-8-18-33-24-11-6-3-7-12-24/h2-7,9-12,14-17,25H,8,13,18-20H2,1H3,(H,29,32). The summed E-state index contributed by atoms with van der Waals surface area (Å²) < 4.78 is 6.70. The van der Waals surface area contributed by atoms with Gasteiger partial charge in [0, 0.05) is 30.9 Å². The summed E-state index contributed by atoms with van der Waals surface area (Å²) >= 11 is 3.45. The van der Waals surface area contributed by atoms with Gasteiger partial charge in [0.05, 0.1) is 6.61 Å². The van der Waals surface area contributed by atoms with Crippen molar-refractivity contribution in [2.45, 2.75) is 31.8 Å². The van der Waals surface area contributed by atoms with Gasteiger partial charge in [-0.3, -0.25) is 9.59 Å². The van der Waals surface area contributed by atoms with Crippen LogP contribution < -0.4 is 10.1 Å². The van der Waals surface area contributed by atoms with Crippen LogP contribution in [0.25, 0.3) is 0 Å². The number of hydrogen-bond donors (Lipinski definition) is 1. The molecule has 0 spiro atoms. The van der Waals surface area contributed by atoms with E-state index in [4.69, 9.17) is 4.74 Å². The Balaban J connectivity index is 1.74. The van der Waals surface area contributed by atoms with Crippen LogP contribution in [0, 0.1) is 0 Å². The Morgan fingerprint density at radius 1 is 0.909 bits per heavy atom. The number of hydrogen-bond acceptors (Lipinski definition) is 3. The highest BCUT2D eigenvalue weighted by molar-refractivity contribution is 9.10. The van der Waals surface area contributed by atoms with Gasteiger partial charge in [-0.25, -0.2) is 0 Å². The Kier molecular flexibility index (Phi) is 9.51. The minimum Gasteiger partial charge on any atom is -0.494 e. The van der Waals surface area contributed by atoms with Gasteiger partial charge < -0.3 is 15.0 Å². The second-order valence-corrected chi connectivity index (χ2v) is 8.65. The van der Waals surface area contributed by atoms with Crippen molar-refractivity contribution in [1.29, 1.82) is 0 Å². The highest BCUT2D eigenvalue weighted by Crippen LogP contribution is 2.18. The average molecular weight is 509 g/mol. The largest absolute Gasteiger partial charge is 0.494 e. The van der Waals surface area contributed by atoms with E-state index in [-0.39, 0.29) is 11.8 Å². The molecule has 3 aromatic rings. The fourth-order valence-corrected chi connectivity index (χ4v) is 3.85. The summed E-state index contributed by atoms with van der Waals surface area (Å²) in [6.45, 7) is 0.793. The lowest BCUT2D eigenvalue weighted by atomic mass is 10.0. The third-order valence-corrected chi connectivity index (χ3v) is 5.86. The van der Waals surface area contributed by atoms with Crippen molar-refractivity contribution < 1.29 is 14.3 Å². The molecular weight excluding hydrogens is 480 g/mol. The van der Waals surface area contributed by atoms with E-state index in [2.05, 4.69) is 21.2 Å². The molecule has 5 nitrogen and oxygen atoms in total. The molecule has 3 aromatic carbocycles. The number of benzene rings is 3. The maximum atomic E-state index is 13.4. The number of halogens is 1. The summed E-state index contributed by atoms with van der Waals surface area (Å²) in [5, 5.41) is 2.74. The Bertz CT molecular complexity index is 1010. The van der Waals surface area contributed by atoms with Crippen LogP contribution in [-0.4, -0.2) is 36.4 Å². The van der Waals surface area contributed by atoms with Crippen molar-refractivity contribution in [2.75, 3.05) is 13.7 Å². The van der Waals surface area contributed by atoms with Crippen LogP contribution in [0.3, 0.4) is 0 Å². The molecule has 1 N–H and O–H groups in total. The average Bonchev–Trinajstić information content (AvgIpc) is 2.86. The topological polar surface area (TPSA) is 58.6 Å². The smallest absolute Gasteiger partial charge is 0.242 e. The molecule has 0 bridgehead atoms. The molecule has 3 rings (SSSR count). The summed E-state index contributed by atoms with van der Waals surface area (Å²) in [6.07, 6.45) is 1.31. The van der Waals surface area contributed by atoms with Gasteiger partial charge >= 0.3 is 0 Å². The fraction of sp³-hybridized carbons (Fsp3) is 0.259. The molecule has 6 heteroatoms.